The van der Waals surface area contributed by atoms with Crippen molar-refractivity contribution in [3.8, 4) is 16.9 Å². The monoisotopic (exact) mass is 536 g/mol. The number of hydrogen-bond donors (Lipinski definition) is 1. The first-order chi connectivity index (χ1) is 18.0. The fourth-order valence-electron chi connectivity index (χ4n) is 5.17. The predicted octanol–water partition coefficient (Wildman–Crippen LogP) is 7.54. The third-order valence-corrected chi connectivity index (χ3v) is 9.01. The van der Waals surface area contributed by atoms with Crippen LogP contribution in [0.25, 0.3) is 21.2 Å². The van der Waals surface area contributed by atoms with Gasteiger partial charge < -0.3 is 15.0 Å². The maximum atomic E-state index is 15.2. The molecule has 1 heterocycles. The van der Waals surface area contributed by atoms with Gasteiger partial charge in [-0.05, 0) is 74.2 Å². The van der Waals surface area contributed by atoms with E-state index in [1.165, 1.54) is 17.4 Å². The van der Waals surface area contributed by atoms with Crippen LogP contribution in [0, 0.1) is 5.82 Å². The van der Waals surface area contributed by atoms with Crippen molar-refractivity contribution in [2.45, 2.75) is 44.3 Å². The number of hydrogen-bond acceptors (Lipinski definition) is 4. The minimum absolute atomic E-state index is 0.0161. The van der Waals surface area contributed by atoms with Crippen LogP contribution in [0.5, 0.6) is 5.75 Å². The zero-order valence-corrected chi connectivity index (χ0v) is 22.5. The summed E-state index contributed by atoms with van der Waals surface area (Å²) >= 11 is 8.12. The molecule has 192 valence electrons. The van der Waals surface area contributed by atoms with Crippen molar-refractivity contribution in [1.29, 1.82) is 0 Å². The summed E-state index contributed by atoms with van der Waals surface area (Å²) in [5, 5.41) is 4.71. The largest absolute Gasteiger partial charge is 0.497 e. The van der Waals surface area contributed by atoms with Crippen molar-refractivity contribution < 1.29 is 13.9 Å². The van der Waals surface area contributed by atoms with E-state index in [2.05, 4.69) is 5.32 Å². The van der Waals surface area contributed by atoms with Crippen molar-refractivity contribution in [3.05, 3.63) is 88.0 Å². The number of methoxy groups -OCH3 is 1. The average Bonchev–Trinajstić information content (AvgIpc) is 3.29. The molecule has 4 aromatic rings. The molecule has 1 saturated carbocycles. The summed E-state index contributed by atoms with van der Waals surface area (Å²) in [6.45, 7) is 0.189. The van der Waals surface area contributed by atoms with Gasteiger partial charge in [0.25, 0.3) is 5.91 Å². The van der Waals surface area contributed by atoms with Gasteiger partial charge in [-0.1, -0.05) is 48.0 Å². The first-order valence-corrected chi connectivity index (χ1v) is 13.8. The van der Waals surface area contributed by atoms with Gasteiger partial charge in [0.1, 0.15) is 16.4 Å². The van der Waals surface area contributed by atoms with Crippen LogP contribution in [0.2, 0.25) is 5.02 Å². The standard InChI is InChI=1S/C30H30ClFN2O2S/c1-33-22-10-12-23(13-11-22)34(30(35)29-28(31)25-5-3-4-6-27(25)37-29)18-21-17-20(9-16-26(21)32)19-7-14-24(36-2)15-8-19/h3-9,14-17,22-23,33H,10-13,18H2,1-2H3/t22-,23-. The number of thiophene rings is 1. The van der Waals surface area contributed by atoms with Crippen molar-refractivity contribution in [2.24, 2.45) is 0 Å². The normalized spacial score (nSPS) is 17.6. The molecular weight excluding hydrogens is 507 g/mol. The number of carbonyl (C=O) groups excluding carboxylic acids is 1. The maximum absolute atomic E-state index is 15.2. The summed E-state index contributed by atoms with van der Waals surface area (Å²) in [7, 11) is 3.61. The highest BCUT2D eigenvalue weighted by molar-refractivity contribution is 7.21. The number of nitrogens with one attached hydrogen (secondary N) is 1. The van der Waals surface area contributed by atoms with Crippen LogP contribution in [-0.2, 0) is 6.54 Å². The zero-order valence-electron chi connectivity index (χ0n) is 21.0. The first kappa shape index (κ1) is 25.7. The number of benzene rings is 3. The van der Waals surface area contributed by atoms with E-state index >= 15 is 4.39 Å². The summed E-state index contributed by atoms with van der Waals surface area (Å²) in [5.41, 5.74) is 2.35. The van der Waals surface area contributed by atoms with Crippen LogP contribution < -0.4 is 10.1 Å². The lowest BCUT2D eigenvalue weighted by Gasteiger charge is -2.37. The molecule has 0 radical (unpaired) electrons. The van der Waals surface area contributed by atoms with Gasteiger partial charge in [-0.25, -0.2) is 4.39 Å². The number of halogens is 2. The minimum atomic E-state index is -0.318. The van der Waals surface area contributed by atoms with E-state index in [0.717, 1.165) is 52.6 Å². The van der Waals surface area contributed by atoms with E-state index in [1.54, 1.807) is 13.2 Å². The summed E-state index contributed by atoms with van der Waals surface area (Å²) in [6.07, 6.45) is 3.66. The fraction of sp³-hybridized carbons (Fsp3) is 0.300. The summed E-state index contributed by atoms with van der Waals surface area (Å²) in [6, 6.07) is 21.0. The van der Waals surface area contributed by atoms with Crippen LogP contribution in [0.1, 0.15) is 40.9 Å². The van der Waals surface area contributed by atoms with E-state index in [4.69, 9.17) is 16.3 Å². The molecule has 0 saturated heterocycles. The molecule has 1 N–H and O–H groups in total. The molecule has 4 nitrogen and oxygen atoms in total. The highest BCUT2D eigenvalue weighted by atomic mass is 35.5. The Hall–Kier alpha value is -2.93. The molecule has 1 aliphatic rings. The molecule has 0 unspecified atom stereocenters. The highest BCUT2D eigenvalue weighted by Gasteiger charge is 2.32. The van der Waals surface area contributed by atoms with E-state index in [9.17, 15) is 4.79 Å². The Morgan fingerprint density at radius 1 is 1.05 bits per heavy atom. The van der Waals surface area contributed by atoms with Crippen LogP contribution in [0.3, 0.4) is 0 Å². The molecule has 0 atom stereocenters. The molecule has 3 aromatic carbocycles. The van der Waals surface area contributed by atoms with E-state index in [0.29, 0.717) is 21.5 Å². The lowest BCUT2D eigenvalue weighted by atomic mass is 9.89. The van der Waals surface area contributed by atoms with Crippen molar-refractivity contribution in [3.63, 3.8) is 0 Å². The molecular formula is C30H30ClFN2O2S. The summed E-state index contributed by atoms with van der Waals surface area (Å²) < 4.78 is 21.4. The molecule has 7 heteroatoms. The molecule has 0 spiro atoms. The maximum Gasteiger partial charge on any atom is 0.266 e. The number of amides is 1. The van der Waals surface area contributed by atoms with Crippen molar-refractivity contribution in [1.82, 2.24) is 10.2 Å². The molecule has 0 bridgehead atoms. The van der Waals surface area contributed by atoms with Gasteiger partial charge >= 0.3 is 0 Å². The second-order valence-corrected chi connectivity index (χ2v) is 10.9. The first-order valence-electron chi connectivity index (χ1n) is 12.6. The fourth-order valence-corrected chi connectivity index (χ4v) is 6.64. The van der Waals surface area contributed by atoms with Crippen molar-refractivity contribution in [2.75, 3.05) is 14.2 Å². The number of rotatable bonds is 7. The zero-order chi connectivity index (χ0) is 25.9. The molecule has 1 amide bonds. The Balaban J connectivity index is 1.49. The number of ether oxygens (including phenoxy) is 1. The van der Waals surface area contributed by atoms with E-state index in [1.807, 2.05) is 66.5 Å². The third kappa shape index (κ3) is 5.37. The Kier molecular flexibility index (Phi) is 7.79. The van der Waals surface area contributed by atoms with Gasteiger partial charge in [0.05, 0.1) is 12.1 Å². The number of fused-ring (bicyclic) bond motifs is 1. The Morgan fingerprint density at radius 3 is 2.43 bits per heavy atom. The minimum Gasteiger partial charge on any atom is -0.497 e. The molecule has 1 aromatic heterocycles. The molecule has 0 aliphatic heterocycles. The smallest absolute Gasteiger partial charge is 0.266 e. The SMILES string of the molecule is CN[C@H]1CC[C@H](N(Cc2cc(-c3ccc(OC)cc3)ccc2F)C(=O)c2sc3ccccc3c2Cl)CC1. The average molecular weight is 537 g/mol. The quantitative estimate of drug-likeness (QED) is 0.265. The summed E-state index contributed by atoms with van der Waals surface area (Å²) in [4.78, 5) is 16.4. The Morgan fingerprint density at radius 2 is 1.76 bits per heavy atom. The van der Waals surface area contributed by atoms with Crippen LogP contribution in [0.15, 0.2) is 66.7 Å². The van der Waals surface area contributed by atoms with Crippen LogP contribution >= 0.6 is 22.9 Å². The Bertz CT molecular complexity index is 1400. The second-order valence-electron chi connectivity index (χ2n) is 9.50. The Labute approximate surface area is 226 Å². The summed E-state index contributed by atoms with van der Waals surface area (Å²) in [5.74, 6) is 0.315. The number of carbonyl (C=O) groups is 1. The molecule has 1 aliphatic carbocycles. The van der Waals surface area contributed by atoms with Gasteiger partial charge in [-0.3, -0.25) is 4.79 Å². The van der Waals surface area contributed by atoms with Gasteiger partial charge in [0, 0.05) is 34.3 Å². The van der Waals surface area contributed by atoms with Crippen molar-refractivity contribution >= 4 is 38.9 Å². The van der Waals surface area contributed by atoms with Crippen LogP contribution in [0.4, 0.5) is 4.39 Å². The highest BCUT2D eigenvalue weighted by Crippen LogP contribution is 2.38. The third-order valence-electron chi connectivity index (χ3n) is 7.35. The van der Waals surface area contributed by atoms with Gasteiger partial charge in [0.2, 0.25) is 0 Å². The molecule has 37 heavy (non-hydrogen) atoms. The van der Waals surface area contributed by atoms with Crippen LogP contribution in [-0.4, -0.2) is 37.0 Å². The van der Waals surface area contributed by atoms with Gasteiger partial charge in [-0.15, -0.1) is 11.3 Å². The lowest BCUT2D eigenvalue weighted by Crippen LogP contribution is -2.44. The lowest BCUT2D eigenvalue weighted by molar-refractivity contribution is 0.0604. The predicted molar refractivity (Wildman–Crippen MR) is 150 cm³/mol. The van der Waals surface area contributed by atoms with E-state index in [-0.39, 0.29) is 24.3 Å². The number of nitrogens with zero attached hydrogens (tertiary/aromatic N) is 1. The molecule has 1 fully saturated rings. The topological polar surface area (TPSA) is 41.6 Å². The van der Waals surface area contributed by atoms with Gasteiger partial charge in [0.15, 0.2) is 0 Å². The van der Waals surface area contributed by atoms with Gasteiger partial charge in [-0.2, -0.15) is 0 Å². The molecule has 5 rings (SSSR count). The van der Waals surface area contributed by atoms with E-state index < -0.39 is 0 Å². The second kappa shape index (κ2) is 11.2.